The van der Waals surface area contributed by atoms with Gasteiger partial charge in [0.25, 0.3) is 0 Å². The Bertz CT molecular complexity index is 802. The minimum atomic E-state index is -0.209. The van der Waals surface area contributed by atoms with Crippen LogP contribution in [0.1, 0.15) is 11.1 Å². The summed E-state index contributed by atoms with van der Waals surface area (Å²) < 4.78 is 13.8. The van der Waals surface area contributed by atoms with Crippen molar-refractivity contribution in [1.82, 2.24) is 4.98 Å². The summed E-state index contributed by atoms with van der Waals surface area (Å²) in [5.74, 6) is -0.209. The van der Waals surface area contributed by atoms with Gasteiger partial charge in [-0.3, -0.25) is 4.98 Å². The number of pyridine rings is 1. The molecule has 0 fully saturated rings. The van der Waals surface area contributed by atoms with Crippen LogP contribution in [0.2, 0.25) is 5.02 Å². The molecule has 0 atom stereocenters. The van der Waals surface area contributed by atoms with Gasteiger partial charge in [0, 0.05) is 23.7 Å². The first-order valence-corrected chi connectivity index (χ1v) is 7.05. The van der Waals surface area contributed by atoms with Crippen LogP contribution in [0, 0.1) is 12.7 Å². The minimum Gasteiger partial charge on any atom is -0.379 e. The van der Waals surface area contributed by atoms with Crippen molar-refractivity contribution in [1.29, 1.82) is 0 Å². The number of nitrogens with zero attached hydrogens (tertiary/aromatic N) is 1. The van der Waals surface area contributed by atoms with Crippen LogP contribution in [0.25, 0.3) is 10.9 Å². The van der Waals surface area contributed by atoms with Crippen LogP contribution >= 0.6 is 11.6 Å². The summed E-state index contributed by atoms with van der Waals surface area (Å²) in [6, 6.07) is 12.5. The number of anilines is 1. The Morgan fingerprint density at radius 2 is 2.05 bits per heavy atom. The number of halogens is 2. The summed E-state index contributed by atoms with van der Waals surface area (Å²) in [7, 11) is 0. The Hall–Kier alpha value is -2.13. The maximum atomic E-state index is 13.8. The summed E-state index contributed by atoms with van der Waals surface area (Å²) >= 11 is 6.16. The van der Waals surface area contributed by atoms with Gasteiger partial charge in [-0.1, -0.05) is 29.3 Å². The molecule has 1 heterocycles. The lowest BCUT2D eigenvalue weighted by Crippen LogP contribution is -2.03. The van der Waals surface area contributed by atoms with Crippen molar-refractivity contribution in [2.75, 3.05) is 5.32 Å². The van der Waals surface area contributed by atoms with E-state index in [1.807, 2.05) is 37.3 Å². The van der Waals surface area contributed by atoms with Gasteiger partial charge in [0.2, 0.25) is 0 Å². The van der Waals surface area contributed by atoms with E-state index in [0.717, 1.165) is 22.2 Å². The maximum absolute atomic E-state index is 13.8. The second kappa shape index (κ2) is 5.70. The Morgan fingerprint density at radius 1 is 1.19 bits per heavy atom. The van der Waals surface area contributed by atoms with E-state index in [-0.39, 0.29) is 5.82 Å². The first kappa shape index (κ1) is 13.8. The predicted molar refractivity (Wildman–Crippen MR) is 85.2 cm³/mol. The molecule has 0 aliphatic carbocycles. The minimum absolute atomic E-state index is 0.209. The normalized spacial score (nSPS) is 10.8. The molecule has 106 valence electrons. The monoisotopic (exact) mass is 300 g/mol. The molecule has 0 unspecified atom stereocenters. The van der Waals surface area contributed by atoms with E-state index in [2.05, 4.69) is 10.3 Å². The molecule has 4 heteroatoms. The van der Waals surface area contributed by atoms with Gasteiger partial charge in [0.1, 0.15) is 5.82 Å². The zero-order chi connectivity index (χ0) is 14.8. The van der Waals surface area contributed by atoms with Crippen molar-refractivity contribution < 1.29 is 4.39 Å². The van der Waals surface area contributed by atoms with Crippen LogP contribution in [0.15, 0.2) is 48.7 Å². The van der Waals surface area contributed by atoms with Crippen molar-refractivity contribution in [2.24, 2.45) is 0 Å². The van der Waals surface area contributed by atoms with Crippen LogP contribution in [0.4, 0.5) is 10.1 Å². The van der Waals surface area contributed by atoms with Gasteiger partial charge >= 0.3 is 0 Å². The smallest absolute Gasteiger partial charge is 0.128 e. The van der Waals surface area contributed by atoms with Crippen molar-refractivity contribution in [3.05, 3.63) is 70.6 Å². The number of hydrogen-bond acceptors (Lipinski definition) is 2. The van der Waals surface area contributed by atoms with E-state index in [0.29, 0.717) is 17.1 Å². The van der Waals surface area contributed by atoms with E-state index in [1.165, 1.54) is 6.07 Å². The summed E-state index contributed by atoms with van der Waals surface area (Å²) in [6.45, 7) is 2.35. The first-order chi connectivity index (χ1) is 10.1. The van der Waals surface area contributed by atoms with E-state index in [4.69, 9.17) is 11.6 Å². The van der Waals surface area contributed by atoms with Gasteiger partial charge in [-0.05, 0) is 37.3 Å². The lowest BCUT2D eigenvalue weighted by molar-refractivity contribution is 0.612. The maximum Gasteiger partial charge on any atom is 0.128 e. The molecule has 21 heavy (non-hydrogen) atoms. The van der Waals surface area contributed by atoms with E-state index >= 15 is 0 Å². The number of nitrogens with one attached hydrogen (secondary N) is 1. The quantitative estimate of drug-likeness (QED) is 0.740. The van der Waals surface area contributed by atoms with Gasteiger partial charge in [-0.25, -0.2) is 4.39 Å². The van der Waals surface area contributed by atoms with Crippen LogP contribution in [-0.2, 0) is 6.54 Å². The van der Waals surface area contributed by atoms with Crippen molar-refractivity contribution in [3.63, 3.8) is 0 Å². The summed E-state index contributed by atoms with van der Waals surface area (Å²) in [5, 5.41) is 4.78. The van der Waals surface area contributed by atoms with Crippen molar-refractivity contribution in [2.45, 2.75) is 13.5 Å². The van der Waals surface area contributed by atoms with E-state index < -0.39 is 0 Å². The summed E-state index contributed by atoms with van der Waals surface area (Å²) in [5.41, 5.74) is 3.30. The molecular weight excluding hydrogens is 287 g/mol. The first-order valence-electron chi connectivity index (χ1n) is 6.67. The van der Waals surface area contributed by atoms with Crippen LogP contribution < -0.4 is 5.32 Å². The SMILES string of the molecule is Cc1ccc(F)c(CNc2ccc(Cl)c3cccnc23)c1. The lowest BCUT2D eigenvalue weighted by Gasteiger charge is -2.11. The number of fused-ring (bicyclic) bond motifs is 1. The second-order valence-electron chi connectivity index (χ2n) is 4.94. The zero-order valence-electron chi connectivity index (χ0n) is 11.5. The highest BCUT2D eigenvalue weighted by atomic mass is 35.5. The number of benzene rings is 2. The molecule has 1 aromatic heterocycles. The predicted octanol–water partition coefficient (Wildman–Crippen LogP) is 4.95. The Morgan fingerprint density at radius 3 is 2.90 bits per heavy atom. The summed E-state index contributed by atoms with van der Waals surface area (Å²) in [6.07, 6.45) is 1.72. The lowest BCUT2D eigenvalue weighted by atomic mass is 10.1. The fourth-order valence-electron chi connectivity index (χ4n) is 2.31. The molecule has 2 nitrogen and oxygen atoms in total. The molecule has 0 spiro atoms. The van der Waals surface area contributed by atoms with E-state index in [1.54, 1.807) is 12.3 Å². The van der Waals surface area contributed by atoms with Crippen LogP contribution in [-0.4, -0.2) is 4.98 Å². The van der Waals surface area contributed by atoms with Crippen LogP contribution in [0.5, 0.6) is 0 Å². The van der Waals surface area contributed by atoms with Crippen molar-refractivity contribution in [3.8, 4) is 0 Å². The fourth-order valence-corrected chi connectivity index (χ4v) is 2.53. The number of aryl methyl sites for hydroxylation is 1. The zero-order valence-corrected chi connectivity index (χ0v) is 12.3. The average molecular weight is 301 g/mol. The molecule has 0 amide bonds. The average Bonchev–Trinajstić information content (AvgIpc) is 2.50. The number of rotatable bonds is 3. The molecule has 3 aromatic rings. The molecule has 1 N–H and O–H groups in total. The Kier molecular flexibility index (Phi) is 3.76. The molecule has 0 saturated carbocycles. The largest absolute Gasteiger partial charge is 0.379 e. The molecule has 3 rings (SSSR count). The van der Waals surface area contributed by atoms with Gasteiger partial charge in [0.15, 0.2) is 0 Å². The Balaban J connectivity index is 1.92. The van der Waals surface area contributed by atoms with Crippen LogP contribution in [0.3, 0.4) is 0 Å². The molecule has 0 radical (unpaired) electrons. The highest BCUT2D eigenvalue weighted by Gasteiger charge is 2.07. The highest BCUT2D eigenvalue weighted by molar-refractivity contribution is 6.35. The number of hydrogen-bond donors (Lipinski definition) is 1. The Labute approximate surface area is 127 Å². The topological polar surface area (TPSA) is 24.9 Å². The third-order valence-corrected chi connectivity index (χ3v) is 3.72. The molecule has 0 saturated heterocycles. The van der Waals surface area contributed by atoms with Gasteiger partial charge < -0.3 is 5.32 Å². The molecule has 0 aliphatic rings. The molecule has 2 aromatic carbocycles. The second-order valence-corrected chi connectivity index (χ2v) is 5.35. The molecule has 0 aliphatic heterocycles. The van der Waals surface area contributed by atoms with Gasteiger partial charge in [0.05, 0.1) is 16.2 Å². The van der Waals surface area contributed by atoms with Crippen molar-refractivity contribution >= 4 is 28.2 Å². The standard InChI is InChI=1S/C17H14ClFN2/c1-11-4-6-15(19)12(9-11)10-21-16-7-5-14(18)13-3-2-8-20-17(13)16/h2-9,21H,10H2,1H3. The number of aromatic nitrogens is 1. The molecular formula is C17H14ClFN2. The van der Waals surface area contributed by atoms with Gasteiger partial charge in [-0.15, -0.1) is 0 Å². The summed E-state index contributed by atoms with van der Waals surface area (Å²) in [4.78, 5) is 4.35. The highest BCUT2D eigenvalue weighted by Crippen LogP contribution is 2.28. The van der Waals surface area contributed by atoms with E-state index in [9.17, 15) is 4.39 Å². The third kappa shape index (κ3) is 2.83. The van der Waals surface area contributed by atoms with Gasteiger partial charge in [-0.2, -0.15) is 0 Å². The molecule has 0 bridgehead atoms. The fraction of sp³-hybridized carbons (Fsp3) is 0.118. The third-order valence-electron chi connectivity index (χ3n) is 3.39.